The van der Waals surface area contributed by atoms with E-state index in [2.05, 4.69) is 154 Å². The number of nitrogens with zero attached hydrogens (tertiary/aromatic N) is 1. The summed E-state index contributed by atoms with van der Waals surface area (Å²) in [6, 6.07) is 48.0. The molecular formula is C31H22BrN. The first-order valence-electron chi connectivity index (χ1n) is 11.2. The monoisotopic (exact) mass is 487 g/mol. The Labute approximate surface area is 203 Å². The van der Waals surface area contributed by atoms with Gasteiger partial charge in [-0.05, 0) is 58.7 Å². The van der Waals surface area contributed by atoms with Crippen LogP contribution in [0.1, 0.15) is 22.3 Å². The quantitative estimate of drug-likeness (QED) is 0.241. The van der Waals surface area contributed by atoms with Crippen molar-refractivity contribution >= 4 is 33.0 Å². The number of halogens is 1. The van der Waals surface area contributed by atoms with Gasteiger partial charge in [0.1, 0.15) is 0 Å². The number of anilines is 3. The average molecular weight is 488 g/mol. The predicted octanol–water partition coefficient (Wildman–Crippen LogP) is 8.62. The summed E-state index contributed by atoms with van der Waals surface area (Å²) in [6.45, 7) is 0. The molecule has 5 aromatic rings. The summed E-state index contributed by atoms with van der Waals surface area (Å²) in [5.41, 5.74) is 8.21. The van der Waals surface area contributed by atoms with E-state index >= 15 is 0 Å². The lowest BCUT2D eigenvalue weighted by Gasteiger charge is -2.46. The van der Waals surface area contributed by atoms with Crippen molar-refractivity contribution in [2.24, 2.45) is 0 Å². The highest BCUT2D eigenvalue weighted by atomic mass is 79.9. The van der Waals surface area contributed by atoms with Crippen LogP contribution in [0.25, 0.3) is 0 Å². The van der Waals surface area contributed by atoms with Gasteiger partial charge >= 0.3 is 0 Å². The molecule has 1 aliphatic heterocycles. The highest BCUT2D eigenvalue weighted by molar-refractivity contribution is 9.10. The zero-order valence-corrected chi connectivity index (χ0v) is 19.6. The molecule has 0 N–H and O–H groups in total. The number of benzene rings is 5. The summed E-state index contributed by atoms with van der Waals surface area (Å²) < 4.78 is 1.08. The van der Waals surface area contributed by atoms with Crippen LogP contribution < -0.4 is 4.90 Å². The molecule has 0 amide bonds. The van der Waals surface area contributed by atoms with Gasteiger partial charge in [-0.2, -0.15) is 0 Å². The smallest absolute Gasteiger partial charge is 0.0742 e. The van der Waals surface area contributed by atoms with E-state index < -0.39 is 5.41 Å². The summed E-state index contributed by atoms with van der Waals surface area (Å²) in [6.07, 6.45) is 0. The molecule has 0 aromatic heterocycles. The van der Waals surface area contributed by atoms with Crippen LogP contribution in [0.3, 0.4) is 0 Å². The molecule has 0 atom stereocenters. The van der Waals surface area contributed by atoms with Crippen LogP contribution in [0.2, 0.25) is 0 Å². The van der Waals surface area contributed by atoms with Crippen LogP contribution in [-0.4, -0.2) is 0 Å². The van der Waals surface area contributed by atoms with Gasteiger partial charge in [0.05, 0.1) is 16.8 Å². The fourth-order valence-corrected chi connectivity index (χ4v) is 5.54. The second-order valence-electron chi connectivity index (χ2n) is 8.33. The second-order valence-corrected chi connectivity index (χ2v) is 9.24. The minimum atomic E-state index is -0.430. The van der Waals surface area contributed by atoms with Crippen molar-refractivity contribution in [3.63, 3.8) is 0 Å². The van der Waals surface area contributed by atoms with E-state index in [4.69, 9.17) is 0 Å². The Hall–Kier alpha value is -3.62. The fourth-order valence-electron chi connectivity index (χ4n) is 5.28. The molecule has 0 unspecified atom stereocenters. The molecule has 0 saturated carbocycles. The molecule has 1 aliphatic rings. The summed E-state index contributed by atoms with van der Waals surface area (Å²) in [5.74, 6) is 0. The maximum Gasteiger partial charge on any atom is 0.0742 e. The minimum Gasteiger partial charge on any atom is -0.310 e. The van der Waals surface area contributed by atoms with E-state index in [0.29, 0.717) is 0 Å². The summed E-state index contributed by atoms with van der Waals surface area (Å²) in [5, 5.41) is 0. The molecule has 0 aliphatic carbocycles. The molecular weight excluding hydrogens is 466 g/mol. The minimum absolute atomic E-state index is 0.430. The van der Waals surface area contributed by atoms with Crippen molar-refractivity contribution in [1.82, 2.24) is 0 Å². The molecule has 158 valence electrons. The summed E-state index contributed by atoms with van der Waals surface area (Å²) in [4.78, 5) is 2.39. The van der Waals surface area contributed by atoms with Crippen LogP contribution in [0, 0.1) is 0 Å². The highest BCUT2D eigenvalue weighted by Gasteiger charge is 2.46. The molecule has 1 nitrogen and oxygen atoms in total. The van der Waals surface area contributed by atoms with Gasteiger partial charge in [0, 0.05) is 10.2 Å². The highest BCUT2D eigenvalue weighted by Crippen LogP contribution is 2.57. The van der Waals surface area contributed by atoms with Crippen LogP contribution in [-0.2, 0) is 5.41 Å². The molecule has 0 fully saturated rings. The van der Waals surface area contributed by atoms with Gasteiger partial charge in [0.25, 0.3) is 0 Å². The SMILES string of the molecule is Brc1ccc(C2(c3ccccc3)c3ccccc3N(c3ccccc3)c3ccccc32)cc1. The van der Waals surface area contributed by atoms with E-state index in [-0.39, 0.29) is 0 Å². The van der Waals surface area contributed by atoms with Crippen molar-refractivity contribution in [3.05, 3.63) is 160 Å². The lowest BCUT2D eigenvalue weighted by molar-refractivity contribution is 0.731. The fraction of sp³-hybridized carbons (Fsp3) is 0.0323. The van der Waals surface area contributed by atoms with Gasteiger partial charge in [-0.1, -0.05) is 113 Å². The normalized spacial score (nSPS) is 13.8. The largest absolute Gasteiger partial charge is 0.310 e. The zero-order valence-electron chi connectivity index (χ0n) is 18.0. The molecule has 1 heterocycles. The lowest BCUT2D eigenvalue weighted by Crippen LogP contribution is -2.37. The Balaban J connectivity index is 1.77. The Kier molecular flexibility index (Phi) is 4.89. The number of para-hydroxylation sites is 3. The second kappa shape index (κ2) is 8.06. The van der Waals surface area contributed by atoms with E-state index in [0.717, 1.165) is 10.2 Å². The van der Waals surface area contributed by atoms with E-state index in [9.17, 15) is 0 Å². The van der Waals surface area contributed by atoms with Gasteiger partial charge in [-0.3, -0.25) is 0 Å². The van der Waals surface area contributed by atoms with Crippen molar-refractivity contribution in [1.29, 1.82) is 0 Å². The summed E-state index contributed by atoms with van der Waals surface area (Å²) >= 11 is 3.64. The zero-order chi connectivity index (χ0) is 22.3. The number of hydrogen-bond donors (Lipinski definition) is 0. The van der Waals surface area contributed by atoms with Crippen molar-refractivity contribution < 1.29 is 0 Å². The maximum atomic E-state index is 3.64. The van der Waals surface area contributed by atoms with E-state index in [1.165, 1.54) is 33.6 Å². The average Bonchev–Trinajstić information content (AvgIpc) is 2.89. The van der Waals surface area contributed by atoms with Crippen LogP contribution >= 0.6 is 15.9 Å². The Bertz CT molecular complexity index is 1360. The molecule has 0 radical (unpaired) electrons. The first kappa shape index (κ1) is 20.0. The van der Waals surface area contributed by atoms with E-state index in [1.807, 2.05) is 0 Å². The molecule has 0 saturated heterocycles. The molecule has 33 heavy (non-hydrogen) atoms. The van der Waals surface area contributed by atoms with Crippen molar-refractivity contribution in [2.45, 2.75) is 5.41 Å². The Morgan fingerprint density at radius 2 is 0.909 bits per heavy atom. The Morgan fingerprint density at radius 3 is 1.48 bits per heavy atom. The lowest BCUT2D eigenvalue weighted by atomic mass is 9.62. The number of fused-ring (bicyclic) bond motifs is 2. The molecule has 5 aromatic carbocycles. The molecule has 6 rings (SSSR count). The van der Waals surface area contributed by atoms with Gasteiger partial charge < -0.3 is 4.90 Å². The third-order valence-corrected chi connectivity index (χ3v) is 7.13. The van der Waals surface area contributed by atoms with Crippen LogP contribution in [0.5, 0.6) is 0 Å². The maximum absolute atomic E-state index is 3.64. The molecule has 0 spiro atoms. The van der Waals surface area contributed by atoms with Gasteiger partial charge in [0.2, 0.25) is 0 Å². The van der Waals surface area contributed by atoms with Crippen molar-refractivity contribution in [2.75, 3.05) is 4.90 Å². The van der Waals surface area contributed by atoms with E-state index in [1.54, 1.807) is 0 Å². The van der Waals surface area contributed by atoms with Crippen molar-refractivity contribution in [3.8, 4) is 0 Å². The number of rotatable bonds is 3. The van der Waals surface area contributed by atoms with Gasteiger partial charge in [0.15, 0.2) is 0 Å². The topological polar surface area (TPSA) is 3.24 Å². The third-order valence-electron chi connectivity index (χ3n) is 6.60. The standard InChI is InChI=1S/C31H22BrN/c32-25-21-19-24(20-22-25)31(23-11-3-1-4-12-23)27-15-7-9-17-29(27)33(26-13-5-2-6-14-26)30-18-10-8-16-28(30)31/h1-22H. The van der Waals surface area contributed by atoms with Crippen LogP contribution in [0.15, 0.2) is 138 Å². The molecule has 0 bridgehead atoms. The van der Waals surface area contributed by atoms with Gasteiger partial charge in [-0.25, -0.2) is 0 Å². The third kappa shape index (κ3) is 3.06. The molecule has 2 heteroatoms. The Morgan fingerprint density at radius 1 is 0.455 bits per heavy atom. The summed E-state index contributed by atoms with van der Waals surface area (Å²) in [7, 11) is 0. The van der Waals surface area contributed by atoms with Crippen LogP contribution in [0.4, 0.5) is 17.1 Å². The van der Waals surface area contributed by atoms with Gasteiger partial charge in [-0.15, -0.1) is 0 Å². The predicted molar refractivity (Wildman–Crippen MR) is 141 cm³/mol. The first-order chi connectivity index (χ1) is 16.3. The first-order valence-corrected chi connectivity index (χ1v) is 12.0. The number of hydrogen-bond acceptors (Lipinski definition) is 1.